The van der Waals surface area contributed by atoms with E-state index < -0.39 is 10.1 Å². The molecule has 29 heavy (non-hydrogen) atoms. The lowest BCUT2D eigenvalue weighted by Crippen LogP contribution is -2.22. The van der Waals surface area contributed by atoms with Gasteiger partial charge in [0.2, 0.25) is 0 Å². The molecule has 0 radical (unpaired) electrons. The van der Waals surface area contributed by atoms with E-state index >= 15 is 0 Å². The van der Waals surface area contributed by atoms with Gasteiger partial charge in [-0.15, -0.1) is 0 Å². The molecule has 1 fully saturated rings. The van der Waals surface area contributed by atoms with Gasteiger partial charge in [0, 0.05) is 11.5 Å². The third-order valence-corrected chi connectivity index (χ3v) is 7.82. The molecule has 1 aromatic carbocycles. The van der Waals surface area contributed by atoms with Gasteiger partial charge in [-0.25, -0.2) is 0 Å². The van der Waals surface area contributed by atoms with Crippen LogP contribution in [0.4, 0.5) is 0 Å². The Labute approximate surface area is 182 Å². The summed E-state index contributed by atoms with van der Waals surface area (Å²) in [6.45, 7) is 2.22. The highest BCUT2D eigenvalue weighted by molar-refractivity contribution is 7.85. The molecule has 2 aliphatic rings. The highest BCUT2D eigenvalue weighted by atomic mass is 35.5. The second-order valence-corrected chi connectivity index (χ2v) is 10.5. The Balaban J connectivity index is 1.88. The zero-order chi connectivity index (χ0) is 21.2. The van der Waals surface area contributed by atoms with Crippen molar-refractivity contribution in [3.63, 3.8) is 0 Å². The minimum atomic E-state index is -4.03. The fraction of sp³-hybridized carbons (Fsp3) is 0.667. The van der Waals surface area contributed by atoms with Crippen LogP contribution in [0.15, 0.2) is 6.07 Å². The van der Waals surface area contributed by atoms with E-state index in [9.17, 15) is 13.2 Å². The third-order valence-electron chi connectivity index (χ3n) is 6.17. The number of Topliss-reactive ketones (excluding diaryl/α,β-unsaturated/α-hetero) is 1. The van der Waals surface area contributed by atoms with Crippen LogP contribution in [0.2, 0.25) is 10.0 Å². The van der Waals surface area contributed by atoms with Gasteiger partial charge in [-0.3, -0.25) is 9.35 Å². The van der Waals surface area contributed by atoms with Crippen LogP contribution in [-0.4, -0.2) is 31.1 Å². The van der Waals surface area contributed by atoms with Crippen molar-refractivity contribution in [3.8, 4) is 5.75 Å². The van der Waals surface area contributed by atoms with E-state index in [0.717, 1.165) is 37.7 Å². The molecule has 0 amide bonds. The van der Waals surface area contributed by atoms with Gasteiger partial charge in [0.25, 0.3) is 10.1 Å². The summed E-state index contributed by atoms with van der Waals surface area (Å²) in [6.07, 6.45) is 7.64. The average molecular weight is 463 g/mol. The van der Waals surface area contributed by atoms with E-state index in [1.54, 1.807) is 0 Å². The number of carbonyl (C=O) groups excluding carboxylic acids is 1. The van der Waals surface area contributed by atoms with Crippen molar-refractivity contribution in [2.75, 3.05) is 12.4 Å². The van der Waals surface area contributed by atoms with Crippen molar-refractivity contribution in [1.82, 2.24) is 0 Å². The smallest absolute Gasteiger partial charge is 0.264 e. The second-order valence-electron chi connectivity index (χ2n) is 8.14. The van der Waals surface area contributed by atoms with Gasteiger partial charge in [0.05, 0.1) is 17.4 Å². The first-order chi connectivity index (χ1) is 13.7. The molecule has 0 aromatic heterocycles. The monoisotopic (exact) mass is 462 g/mol. The molecule has 0 aliphatic heterocycles. The number of hydrogen-bond donors (Lipinski definition) is 1. The Morgan fingerprint density at radius 2 is 1.86 bits per heavy atom. The van der Waals surface area contributed by atoms with Gasteiger partial charge < -0.3 is 4.74 Å². The zero-order valence-corrected chi connectivity index (χ0v) is 19.0. The summed E-state index contributed by atoms with van der Waals surface area (Å²) in [6, 6.07) is 1.82. The van der Waals surface area contributed by atoms with E-state index in [1.807, 2.05) is 6.07 Å². The van der Waals surface area contributed by atoms with Crippen molar-refractivity contribution in [2.45, 2.75) is 64.2 Å². The Hall–Kier alpha value is -0.820. The summed E-state index contributed by atoms with van der Waals surface area (Å²) in [5.41, 5.74) is 1.46. The van der Waals surface area contributed by atoms with Gasteiger partial charge in [-0.1, -0.05) is 55.8 Å². The molecule has 0 bridgehead atoms. The predicted octanol–water partition coefficient (Wildman–Crippen LogP) is 5.93. The third kappa shape index (κ3) is 5.09. The molecule has 1 aromatic rings. The number of ether oxygens (including phenoxy) is 1. The van der Waals surface area contributed by atoms with Gasteiger partial charge in [-0.2, -0.15) is 8.42 Å². The molecule has 8 heteroatoms. The normalized spacial score (nSPS) is 22.3. The number of halogens is 2. The Morgan fingerprint density at radius 3 is 2.48 bits per heavy atom. The summed E-state index contributed by atoms with van der Waals surface area (Å²) < 4.78 is 36.3. The molecular weight excluding hydrogens is 435 g/mol. The van der Waals surface area contributed by atoms with Gasteiger partial charge in [0.15, 0.2) is 5.78 Å². The van der Waals surface area contributed by atoms with E-state index in [2.05, 4.69) is 6.92 Å². The first-order valence-electron chi connectivity index (χ1n) is 10.4. The summed E-state index contributed by atoms with van der Waals surface area (Å²) in [5.74, 6) is 0.568. The quantitative estimate of drug-likeness (QED) is 0.363. The molecule has 2 atom stereocenters. The number of carbonyl (C=O) groups is 1. The average Bonchev–Trinajstić information content (AvgIpc) is 3.26. The highest BCUT2D eigenvalue weighted by Gasteiger charge is 2.46. The molecule has 0 spiro atoms. The Kier molecular flexibility index (Phi) is 7.52. The molecule has 0 heterocycles. The summed E-state index contributed by atoms with van der Waals surface area (Å²) in [7, 11) is -4.03. The number of benzene rings is 1. The number of fused-ring (bicyclic) bond motifs is 1. The lowest BCUT2D eigenvalue weighted by Gasteiger charge is -2.24. The number of hydrogen-bond acceptors (Lipinski definition) is 4. The number of ketones is 1. The van der Waals surface area contributed by atoms with E-state index in [1.165, 1.54) is 12.8 Å². The molecule has 0 saturated heterocycles. The largest absolute Gasteiger partial charge is 0.492 e. The predicted molar refractivity (Wildman–Crippen MR) is 115 cm³/mol. The van der Waals surface area contributed by atoms with Crippen molar-refractivity contribution in [2.24, 2.45) is 11.8 Å². The van der Waals surface area contributed by atoms with E-state index in [-0.39, 0.29) is 46.4 Å². The molecule has 1 N–H and O–H groups in total. The summed E-state index contributed by atoms with van der Waals surface area (Å²) in [5, 5.41) is 0.424. The molecule has 5 nitrogen and oxygen atoms in total. The van der Waals surface area contributed by atoms with Crippen molar-refractivity contribution in [1.29, 1.82) is 0 Å². The highest BCUT2D eigenvalue weighted by Crippen LogP contribution is 2.53. The van der Waals surface area contributed by atoms with Crippen LogP contribution in [0.25, 0.3) is 0 Å². The van der Waals surface area contributed by atoms with Crippen LogP contribution in [0.3, 0.4) is 0 Å². The lowest BCUT2D eigenvalue weighted by molar-refractivity contribution is 0.0868. The SMILES string of the molecule is CCCCC1c2cc(OCCCS(=O)(=O)O)c(Cl)c(Cl)c2C(=O)C1C1CCCC1. The van der Waals surface area contributed by atoms with Crippen LogP contribution < -0.4 is 4.74 Å². The lowest BCUT2D eigenvalue weighted by atomic mass is 9.78. The Bertz CT molecular complexity index is 862. The van der Waals surface area contributed by atoms with Crippen molar-refractivity contribution < 1.29 is 22.5 Å². The zero-order valence-electron chi connectivity index (χ0n) is 16.6. The molecule has 2 aliphatic carbocycles. The van der Waals surface area contributed by atoms with Crippen LogP contribution in [0.1, 0.15) is 80.1 Å². The molecule has 162 valence electrons. The van der Waals surface area contributed by atoms with Crippen LogP contribution in [-0.2, 0) is 10.1 Å². The van der Waals surface area contributed by atoms with E-state index in [4.69, 9.17) is 32.5 Å². The maximum Gasteiger partial charge on any atom is 0.264 e. The van der Waals surface area contributed by atoms with Crippen LogP contribution in [0, 0.1) is 11.8 Å². The van der Waals surface area contributed by atoms with Crippen LogP contribution >= 0.6 is 23.2 Å². The first kappa shape index (κ1) is 22.9. The van der Waals surface area contributed by atoms with Gasteiger partial charge in [-0.05, 0) is 49.1 Å². The Morgan fingerprint density at radius 1 is 1.17 bits per heavy atom. The molecular formula is C21H28Cl2O5S. The summed E-state index contributed by atoms with van der Waals surface area (Å²) in [4.78, 5) is 13.3. The maximum atomic E-state index is 13.3. The minimum Gasteiger partial charge on any atom is -0.492 e. The summed E-state index contributed by atoms with van der Waals surface area (Å²) >= 11 is 12.9. The number of unbranched alkanes of at least 4 members (excludes halogenated alkanes) is 1. The minimum absolute atomic E-state index is 0.0394. The van der Waals surface area contributed by atoms with Crippen molar-refractivity contribution >= 4 is 39.1 Å². The van der Waals surface area contributed by atoms with Crippen LogP contribution in [0.5, 0.6) is 5.75 Å². The molecule has 2 unspecified atom stereocenters. The van der Waals surface area contributed by atoms with Gasteiger partial charge >= 0.3 is 0 Å². The molecule has 3 rings (SSSR count). The fourth-order valence-corrected chi connectivity index (χ4v) is 5.84. The van der Waals surface area contributed by atoms with Gasteiger partial charge in [0.1, 0.15) is 10.8 Å². The van der Waals surface area contributed by atoms with Crippen molar-refractivity contribution in [3.05, 3.63) is 27.2 Å². The maximum absolute atomic E-state index is 13.3. The van der Waals surface area contributed by atoms with E-state index in [0.29, 0.717) is 17.2 Å². The second kappa shape index (κ2) is 9.54. The topological polar surface area (TPSA) is 80.7 Å². The fourth-order valence-electron chi connectivity index (χ4n) is 4.85. The first-order valence-corrected chi connectivity index (χ1v) is 12.7. The number of rotatable bonds is 9. The standard InChI is InChI=1S/C21H28Cl2O5S/c1-2-3-9-14-15-12-16(28-10-6-11-29(25,26)27)19(22)20(23)18(15)21(24)17(14)13-7-4-5-8-13/h12-14,17H,2-11H2,1H3,(H,25,26,27). The molecule has 1 saturated carbocycles.